The predicted octanol–water partition coefficient (Wildman–Crippen LogP) is 1.94. The molecule has 0 aliphatic carbocycles. The van der Waals surface area contributed by atoms with Crippen LogP contribution < -0.4 is 10.5 Å². The SMILES string of the molecule is Cc1ccc(S(=O)(=O)Nc2onc(-c3ccccn3)c2C(N)=O)cc1. The quantitative estimate of drug-likeness (QED) is 0.717. The van der Waals surface area contributed by atoms with E-state index < -0.39 is 15.9 Å². The van der Waals surface area contributed by atoms with Crippen molar-refractivity contribution in [2.45, 2.75) is 11.8 Å². The number of nitrogens with zero attached hydrogens (tertiary/aromatic N) is 2. The summed E-state index contributed by atoms with van der Waals surface area (Å²) in [6.45, 7) is 1.84. The van der Waals surface area contributed by atoms with Crippen molar-refractivity contribution < 1.29 is 17.7 Å². The van der Waals surface area contributed by atoms with Crippen LogP contribution in [0.5, 0.6) is 0 Å². The third-order valence-electron chi connectivity index (χ3n) is 3.40. The second-order valence-corrected chi connectivity index (χ2v) is 6.92. The van der Waals surface area contributed by atoms with Crippen LogP contribution in [0.15, 0.2) is 58.1 Å². The molecule has 2 aromatic heterocycles. The smallest absolute Gasteiger partial charge is 0.264 e. The average molecular weight is 358 g/mol. The molecule has 1 amide bonds. The highest BCUT2D eigenvalue weighted by Gasteiger charge is 2.26. The lowest BCUT2D eigenvalue weighted by molar-refractivity contribution is 0.100. The molecule has 0 saturated carbocycles. The lowest BCUT2D eigenvalue weighted by Gasteiger charge is -2.06. The summed E-state index contributed by atoms with van der Waals surface area (Å²) in [5.41, 5.74) is 6.50. The van der Waals surface area contributed by atoms with Crippen LogP contribution in [0.2, 0.25) is 0 Å². The second-order valence-electron chi connectivity index (χ2n) is 5.23. The van der Waals surface area contributed by atoms with Gasteiger partial charge >= 0.3 is 0 Å². The Balaban J connectivity index is 2.02. The summed E-state index contributed by atoms with van der Waals surface area (Å²) >= 11 is 0. The Labute approximate surface area is 143 Å². The molecule has 3 rings (SSSR count). The van der Waals surface area contributed by atoms with Crippen LogP contribution in [0.4, 0.5) is 5.88 Å². The molecule has 25 heavy (non-hydrogen) atoms. The summed E-state index contributed by atoms with van der Waals surface area (Å²) in [4.78, 5) is 15.9. The standard InChI is InChI=1S/C16H14N4O4S/c1-10-5-7-11(8-6-10)25(22,23)20-16-13(15(17)21)14(19-24-16)12-4-2-3-9-18-12/h2-9,20H,1H3,(H2,17,21). The molecular formula is C16H14N4O4S. The number of nitrogens with two attached hydrogens (primary N) is 1. The first-order chi connectivity index (χ1) is 11.9. The summed E-state index contributed by atoms with van der Waals surface area (Å²) in [7, 11) is -3.97. The fourth-order valence-corrected chi connectivity index (χ4v) is 3.16. The Morgan fingerprint density at radius 3 is 2.48 bits per heavy atom. The van der Waals surface area contributed by atoms with E-state index in [2.05, 4.69) is 14.9 Å². The molecule has 0 fully saturated rings. The highest BCUT2D eigenvalue weighted by Crippen LogP contribution is 2.28. The number of aromatic nitrogens is 2. The van der Waals surface area contributed by atoms with Gasteiger partial charge in [-0.2, -0.15) is 0 Å². The van der Waals surface area contributed by atoms with Crippen molar-refractivity contribution in [2.75, 3.05) is 4.72 Å². The number of sulfonamides is 1. The topological polar surface area (TPSA) is 128 Å². The van der Waals surface area contributed by atoms with Gasteiger partial charge in [0.2, 0.25) is 0 Å². The molecule has 0 aliphatic heterocycles. The van der Waals surface area contributed by atoms with Gasteiger partial charge in [-0.05, 0) is 31.2 Å². The number of hydrogen-bond donors (Lipinski definition) is 2. The van der Waals surface area contributed by atoms with Crippen molar-refractivity contribution in [3.63, 3.8) is 0 Å². The van der Waals surface area contributed by atoms with Gasteiger partial charge in [0.25, 0.3) is 21.8 Å². The molecule has 9 heteroatoms. The van der Waals surface area contributed by atoms with Gasteiger partial charge < -0.3 is 10.3 Å². The minimum atomic E-state index is -3.97. The largest absolute Gasteiger partial charge is 0.365 e. The molecule has 0 radical (unpaired) electrons. The predicted molar refractivity (Wildman–Crippen MR) is 90.2 cm³/mol. The number of rotatable bonds is 5. The molecule has 0 aliphatic rings. The van der Waals surface area contributed by atoms with Crippen LogP contribution in [-0.4, -0.2) is 24.5 Å². The summed E-state index contributed by atoms with van der Waals surface area (Å²) < 4.78 is 32.2. The maximum Gasteiger partial charge on any atom is 0.264 e. The molecule has 0 bridgehead atoms. The summed E-state index contributed by atoms with van der Waals surface area (Å²) in [6.07, 6.45) is 1.50. The molecular weight excluding hydrogens is 344 g/mol. The molecule has 0 unspecified atom stereocenters. The van der Waals surface area contributed by atoms with Gasteiger partial charge in [0.15, 0.2) is 0 Å². The van der Waals surface area contributed by atoms with Gasteiger partial charge in [0.1, 0.15) is 11.3 Å². The van der Waals surface area contributed by atoms with Crippen LogP contribution in [0.25, 0.3) is 11.4 Å². The maximum atomic E-state index is 12.5. The highest BCUT2D eigenvalue weighted by molar-refractivity contribution is 7.92. The number of primary amides is 1. The van der Waals surface area contributed by atoms with Crippen LogP contribution in [0, 0.1) is 6.92 Å². The fraction of sp³-hybridized carbons (Fsp3) is 0.0625. The van der Waals surface area contributed by atoms with Crippen molar-refractivity contribution in [3.8, 4) is 11.4 Å². The number of hydrogen-bond acceptors (Lipinski definition) is 6. The first-order valence-electron chi connectivity index (χ1n) is 7.19. The molecule has 0 saturated heterocycles. The summed E-state index contributed by atoms with van der Waals surface area (Å²) in [6, 6.07) is 11.2. The average Bonchev–Trinajstić information content (AvgIpc) is 2.99. The second kappa shape index (κ2) is 6.36. The minimum absolute atomic E-state index is 0.0179. The molecule has 3 aromatic rings. The number of nitrogens with one attached hydrogen (secondary N) is 1. The Bertz CT molecular complexity index is 1010. The van der Waals surface area contributed by atoms with E-state index in [1.54, 1.807) is 30.3 Å². The molecule has 1 aromatic carbocycles. The maximum absolute atomic E-state index is 12.5. The molecule has 0 atom stereocenters. The molecule has 3 N–H and O–H groups in total. The van der Waals surface area contributed by atoms with E-state index in [9.17, 15) is 13.2 Å². The highest BCUT2D eigenvalue weighted by atomic mass is 32.2. The lowest BCUT2D eigenvalue weighted by Crippen LogP contribution is -2.18. The van der Waals surface area contributed by atoms with E-state index in [0.29, 0.717) is 5.69 Å². The van der Waals surface area contributed by atoms with Gasteiger partial charge in [-0.15, -0.1) is 0 Å². The van der Waals surface area contributed by atoms with E-state index in [1.807, 2.05) is 6.92 Å². The molecule has 2 heterocycles. The number of amides is 1. The van der Waals surface area contributed by atoms with Crippen molar-refractivity contribution in [1.29, 1.82) is 0 Å². The van der Waals surface area contributed by atoms with Crippen LogP contribution in [0.1, 0.15) is 15.9 Å². The Morgan fingerprint density at radius 1 is 1.16 bits per heavy atom. The van der Waals surface area contributed by atoms with E-state index in [4.69, 9.17) is 10.3 Å². The van der Waals surface area contributed by atoms with Crippen molar-refractivity contribution in [3.05, 3.63) is 59.8 Å². The number of pyridine rings is 1. The van der Waals surface area contributed by atoms with Crippen LogP contribution in [0.3, 0.4) is 0 Å². The normalized spacial score (nSPS) is 11.2. The summed E-state index contributed by atoms with van der Waals surface area (Å²) in [5.74, 6) is -1.24. The first-order valence-corrected chi connectivity index (χ1v) is 8.67. The van der Waals surface area contributed by atoms with Crippen LogP contribution in [-0.2, 0) is 10.0 Å². The number of carbonyl (C=O) groups excluding carboxylic acids is 1. The van der Waals surface area contributed by atoms with Crippen molar-refractivity contribution in [1.82, 2.24) is 10.1 Å². The van der Waals surface area contributed by atoms with E-state index >= 15 is 0 Å². The minimum Gasteiger partial charge on any atom is -0.365 e. The van der Waals surface area contributed by atoms with E-state index in [-0.39, 0.29) is 22.0 Å². The first kappa shape index (κ1) is 16.7. The third-order valence-corrected chi connectivity index (χ3v) is 4.75. The number of anilines is 1. The van der Waals surface area contributed by atoms with E-state index in [0.717, 1.165) is 5.56 Å². The van der Waals surface area contributed by atoms with Gasteiger partial charge in [0, 0.05) is 6.20 Å². The van der Waals surface area contributed by atoms with Gasteiger partial charge in [-0.1, -0.05) is 28.9 Å². The van der Waals surface area contributed by atoms with Crippen molar-refractivity contribution in [2.24, 2.45) is 5.73 Å². The zero-order valence-electron chi connectivity index (χ0n) is 13.1. The molecule has 0 spiro atoms. The Morgan fingerprint density at radius 2 is 1.88 bits per heavy atom. The third kappa shape index (κ3) is 3.36. The van der Waals surface area contributed by atoms with Crippen LogP contribution >= 0.6 is 0 Å². The Kier molecular flexibility index (Phi) is 4.24. The van der Waals surface area contributed by atoms with Gasteiger partial charge in [0.05, 0.1) is 10.6 Å². The number of benzene rings is 1. The van der Waals surface area contributed by atoms with Crippen molar-refractivity contribution >= 4 is 21.8 Å². The molecule has 8 nitrogen and oxygen atoms in total. The van der Waals surface area contributed by atoms with Gasteiger partial charge in [-0.3, -0.25) is 9.78 Å². The Hall–Kier alpha value is -3.20. The number of carbonyl (C=O) groups is 1. The lowest BCUT2D eigenvalue weighted by atomic mass is 10.1. The monoisotopic (exact) mass is 358 g/mol. The van der Waals surface area contributed by atoms with E-state index in [1.165, 1.54) is 18.3 Å². The molecule has 128 valence electrons. The zero-order chi connectivity index (χ0) is 18.0. The fourth-order valence-electron chi connectivity index (χ4n) is 2.16. The zero-order valence-corrected chi connectivity index (χ0v) is 13.9. The number of aryl methyl sites for hydroxylation is 1. The van der Waals surface area contributed by atoms with Gasteiger partial charge in [-0.25, -0.2) is 13.1 Å². The summed E-state index contributed by atoms with van der Waals surface area (Å²) in [5, 5.41) is 3.73.